The van der Waals surface area contributed by atoms with Crippen LogP contribution in [0.2, 0.25) is 10.0 Å². The zero-order chi connectivity index (χ0) is 12.1. The van der Waals surface area contributed by atoms with Gasteiger partial charge in [-0.1, -0.05) is 29.3 Å². The smallest absolute Gasteiger partial charge is 0.339 e. The Morgan fingerprint density at radius 1 is 1.19 bits per heavy atom. The summed E-state index contributed by atoms with van der Waals surface area (Å²) in [5.74, 6) is -1.82. The van der Waals surface area contributed by atoms with Crippen LogP contribution < -0.4 is 0 Å². The summed E-state index contributed by atoms with van der Waals surface area (Å²) >= 11 is 11.6. The quantitative estimate of drug-likeness (QED) is 0.664. The molecule has 0 saturated heterocycles. The number of benzene rings is 1. The van der Waals surface area contributed by atoms with Crippen molar-refractivity contribution < 1.29 is 19.4 Å². The molecular formula is C10H8Cl2O4. The number of esters is 2. The van der Waals surface area contributed by atoms with Gasteiger partial charge in [0.1, 0.15) is 6.61 Å². The summed E-state index contributed by atoms with van der Waals surface area (Å²) in [6, 6.07) is 4.78. The Labute approximate surface area is 102 Å². The fraction of sp³-hybridized carbons (Fsp3) is 0.200. The maximum Gasteiger partial charge on any atom is 0.339 e. The Kier molecular flexibility index (Phi) is 4.73. The summed E-state index contributed by atoms with van der Waals surface area (Å²) in [6.07, 6.45) is -0.218. The van der Waals surface area contributed by atoms with Gasteiger partial charge in [-0.15, -0.1) is 0 Å². The van der Waals surface area contributed by atoms with E-state index in [1.54, 1.807) is 18.2 Å². The van der Waals surface area contributed by atoms with Crippen molar-refractivity contribution in [2.75, 3.05) is 6.61 Å². The second-order valence-corrected chi connectivity index (χ2v) is 3.70. The van der Waals surface area contributed by atoms with Crippen LogP contribution in [-0.4, -0.2) is 23.7 Å². The van der Waals surface area contributed by atoms with Gasteiger partial charge in [0.25, 0.3) is 0 Å². The van der Waals surface area contributed by atoms with Crippen molar-refractivity contribution in [3.8, 4) is 0 Å². The topological polar surface area (TPSA) is 63.6 Å². The van der Waals surface area contributed by atoms with E-state index in [2.05, 4.69) is 4.74 Å². The molecule has 0 atom stereocenters. The molecule has 0 aliphatic rings. The highest BCUT2D eigenvalue weighted by Gasteiger charge is 2.14. The van der Waals surface area contributed by atoms with Gasteiger partial charge in [-0.05, 0) is 12.1 Å². The minimum atomic E-state index is -1.01. The van der Waals surface area contributed by atoms with E-state index < -0.39 is 18.5 Å². The van der Waals surface area contributed by atoms with E-state index in [0.29, 0.717) is 15.6 Å². The minimum Gasteiger partial charge on any atom is -0.391 e. The molecule has 0 bridgehead atoms. The number of carbonyl (C=O) groups excluding carboxylic acids is 2. The third kappa shape index (κ3) is 3.48. The molecule has 0 heterocycles. The van der Waals surface area contributed by atoms with Gasteiger partial charge in [-0.3, -0.25) is 4.79 Å². The molecular weight excluding hydrogens is 255 g/mol. The van der Waals surface area contributed by atoms with E-state index >= 15 is 0 Å². The molecule has 0 amide bonds. The number of aliphatic hydroxyl groups is 1. The molecule has 86 valence electrons. The largest absolute Gasteiger partial charge is 0.391 e. The Bertz CT molecular complexity index is 397. The number of rotatable bonds is 3. The molecule has 6 heteroatoms. The Balaban J connectivity index is 2.73. The molecule has 1 rings (SSSR count). The van der Waals surface area contributed by atoms with Crippen molar-refractivity contribution in [1.29, 1.82) is 0 Å². The summed E-state index contributed by atoms with van der Waals surface area (Å²) in [5.41, 5.74) is 0.390. The molecule has 0 aromatic heterocycles. The predicted octanol–water partition coefficient (Wildman–Crippen LogP) is 1.60. The molecule has 0 spiro atoms. The molecule has 1 N–H and O–H groups in total. The first kappa shape index (κ1) is 13.0. The summed E-state index contributed by atoms with van der Waals surface area (Å²) < 4.78 is 4.27. The van der Waals surface area contributed by atoms with E-state index in [-0.39, 0.29) is 6.42 Å². The van der Waals surface area contributed by atoms with Crippen molar-refractivity contribution >= 4 is 35.1 Å². The van der Waals surface area contributed by atoms with E-state index in [4.69, 9.17) is 28.3 Å². The van der Waals surface area contributed by atoms with Crippen LogP contribution >= 0.6 is 23.2 Å². The van der Waals surface area contributed by atoms with Crippen LogP contribution in [0.5, 0.6) is 0 Å². The third-order valence-electron chi connectivity index (χ3n) is 1.74. The molecule has 4 nitrogen and oxygen atoms in total. The Morgan fingerprint density at radius 2 is 1.75 bits per heavy atom. The summed E-state index contributed by atoms with van der Waals surface area (Å²) in [4.78, 5) is 21.8. The zero-order valence-corrected chi connectivity index (χ0v) is 9.59. The SMILES string of the molecule is O=C(CO)OC(=O)Cc1c(Cl)cccc1Cl. The first-order valence-corrected chi connectivity index (χ1v) is 5.07. The van der Waals surface area contributed by atoms with Gasteiger partial charge in [-0.2, -0.15) is 0 Å². The molecule has 0 saturated carbocycles. The van der Waals surface area contributed by atoms with E-state index in [0.717, 1.165) is 0 Å². The number of hydrogen-bond donors (Lipinski definition) is 1. The molecule has 1 aromatic carbocycles. The number of ether oxygens (including phenoxy) is 1. The van der Waals surface area contributed by atoms with Crippen LogP contribution in [0.4, 0.5) is 0 Å². The van der Waals surface area contributed by atoms with Gasteiger partial charge < -0.3 is 9.84 Å². The predicted molar refractivity (Wildman–Crippen MR) is 58.4 cm³/mol. The molecule has 0 aliphatic heterocycles. The van der Waals surface area contributed by atoms with E-state index in [1.807, 2.05) is 0 Å². The third-order valence-corrected chi connectivity index (χ3v) is 2.45. The number of halogens is 2. The summed E-state index contributed by atoms with van der Waals surface area (Å²) in [5, 5.41) is 9.02. The molecule has 0 radical (unpaired) electrons. The van der Waals surface area contributed by atoms with E-state index in [9.17, 15) is 9.59 Å². The normalized spacial score (nSPS) is 9.94. The van der Waals surface area contributed by atoms with Gasteiger partial charge in [0.05, 0.1) is 6.42 Å². The van der Waals surface area contributed by atoms with Crippen LogP contribution in [0, 0.1) is 0 Å². The van der Waals surface area contributed by atoms with Gasteiger partial charge >= 0.3 is 11.9 Å². The van der Waals surface area contributed by atoms with Crippen molar-refractivity contribution in [3.63, 3.8) is 0 Å². The van der Waals surface area contributed by atoms with Gasteiger partial charge in [0.2, 0.25) is 0 Å². The van der Waals surface area contributed by atoms with Crippen molar-refractivity contribution in [2.45, 2.75) is 6.42 Å². The lowest BCUT2D eigenvalue weighted by Crippen LogP contribution is -2.17. The maximum absolute atomic E-state index is 11.2. The second kappa shape index (κ2) is 5.84. The summed E-state index contributed by atoms with van der Waals surface area (Å²) in [7, 11) is 0. The molecule has 0 fully saturated rings. The Hall–Kier alpha value is -1.10. The van der Waals surface area contributed by atoms with Crippen LogP contribution in [0.3, 0.4) is 0 Å². The standard InChI is InChI=1S/C10H8Cl2O4/c11-7-2-1-3-8(12)6(7)4-9(14)16-10(15)5-13/h1-3,13H,4-5H2. The highest BCUT2D eigenvalue weighted by atomic mass is 35.5. The monoisotopic (exact) mass is 262 g/mol. The highest BCUT2D eigenvalue weighted by molar-refractivity contribution is 6.36. The Morgan fingerprint density at radius 3 is 2.25 bits per heavy atom. The average molecular weight is 263 g/mol. The van der Waals surface area contributed by atoms with Gasteiger partial charge in [0, 0.05) is 15.6 Å². The molecule has 1 aromatic rings. The van der Waals surface area contributed by atoms with Crippen molar-refractivity contribution in [2.24, 2.45) is 0 Å². The lowest BCUT2D eigenvalue weighted by atomic mass is 10.1. The van der Waals surface area contributed by atoms with Crippen LogP contribution in [-0.2, 0) is 20.7 Å². The van der Waals surface area contributed by atoms with Gasteiger partial charge in [-0.25, -0.2) is 4.79 Å². The lowest BCUT2D eigenvalue weighted by molar-refractivity contribution is -0.161. The average Bonchev–Trinajstić information content (AvgIpc) is 2.23. The maximum atomic E-state index is 11.2. The minimum absolute atomic E-state index is 0.218. The zero-order valence-electron chi connectivity index (χ0n) is 8.07. The van der Waals surface area contributed by atoms with E-state index in [1.165, 1.54) is 0 Å². The first-order chi connectivity index (χ1) is 7.54. The van der Waals surface area contributed by atoms with Crippen LogP contribution in [0.15, 0.2) is 18.2 Å². The summed E-state index contributed by atoms with van der Waals surface area (Å²) in [6.45, 7) is -0.845. The van der Waals surface area contributed by atoms with Crippen molar-refractivity contribution in [1.82, 2.24) is 0 Å². The highest BCUT2D eigenvalue weighted by Crippen LogP contribution is 2.24. The van der Waals surface area contributed by atoms with Crippen LogP contribution in [0.25, 0.3) is 0 Å². The first-order valence-electron chi connectivity index (χ1n) is 4.32. The number of hydrogen-bond acceptors (Lipinski definition) is 4. The molecule has 0 aliphatic carbocycles. The fourth-order valence-corrected chi connectivity index (χ4v) is 1.57. The molecule has 16 heavy (non-hydrogen) atoms. The lowest BCUT2D eigenvalue weighted by Gasteiger charge is -2.05. The second-order valence-electron chi connectivity index (χ2n) is 2.88. The molecule has 0 unspecified atom stereocenters. The number of aliphatic hydroxyl groups excluding tert-OH is 1. The number of carbonyl (C=O) groups is 2. The van der Waals surface area contributed by atoms with Gasteiger partial charge in [0.15, 0.2) is 0 Å². The fourth-order valence-electron chi connectivity index (χ4n) is 1.04. The van der Waals surface area contributed by atoms with Crippen LogP contribution in [0.1, 0.15) is 5.56 Å². The van der Waals surface area contributed by atoms with Crippen molar-refractivity contribution in [3.05, 3.63) is 33.8 Å².